The molecule has 1 aromatic carbocycles. The number of nitrogens with one attached hydrogen (secondary N) is 1. The van der Waals surface area contributed by atoms with E-state index in [1.54, 1.807) is 11.0 Å². The summed E-state index contributed by atoms with van der Waals surface area (Å²) in [6.07, 6.45) is 1.30. The number of sulfonamides is 1. The molecule has 3 aromatic rings. The minimum atomic E-state index is -3.98. The highest BCUT2D eigenvalue weighted by molar-refractivity contribution is 7.92. The first-order chi connectivity index (χ1) is 15.6. The summed E-state index contributed by atoms with van der Waals surface area (Å²) in [5.41, 5.74) is 3.30. The molecule has 0 saturated heterocycles. The minimum absolute atomic E-state index is 0.00773. The van der Waals surface area contributed by atoms with Crippen LogP contribution < -0.4 is 9.62 Å². The number of carbonyl (C=O) groups is 1. The summed E-state index contributed by atoms with van der Waals surface area (Å²) in [6.45, 7) is 6.43. The monoisotopic (exact) mass is 488 g/mol. The number of nitrogens with zero attached hydrogens (tertiary/aromatic N) is 3. The van der Waals surface area contributed by atoms with Gasteiger partial charge in [-0.25, -0.2) is 18.4 Å². The minimum Gasteiger partial charge on any atom is -0.481 e. The molecule has 0 unspecified atom stereocenters. The van der Waals surface area contributed by atoms with Crippen LogP contribution in [0.5, 0.6) is 0 Å². The van der Waals surface area contributed by atoms with E-state index in [1.807, 2.05) is 39.0 Å². The second-order valence-corrected chi connectivity index (χ2v) is 9.56. The summed E-state index contributed by atoms with van der Waals surface area (Å²) in [5.74, 6) is -0.428. The summed E-state index contributed by atoms with van der Waals surface area (Å²) in [4.78, 5) is 21.3. The Morgan fingerprint density at radius 3 is 2.48 bits per heavy atom. The lowest BCUT2D eigenvalue weighted by molar-refractivity contribution is -0.136. The van der Waals surface area contributed by atoms with Gasteiger partial charge in [-0.05, 0) is 50.1 Å². The third kappa shape index (κ3) is 5.80. The molecule has 0 aliphatic heterocycles. The number of rotatable bonds is 9. The van der Waals surface area contributed by atoms with E-state index < -0.39 is 16.0 Å². The van der Waals surface area contributed by atoms with Crippen molar-refractivity contribution >= 4 is 39.2 Å². The lowest BCUT2D eigenvalue weighted by Gasteiger charge is -2.21. The topological polar surface area (TPSA) is 112 Å². The maximum atomic E-state index is 13.1. The molecule has 0 bridgehead atoms. The average Bonchev–Trinajstić information content (AvgIpc) is 2.76. The van der Waals surface area contributed by atoms with Crippen molar-refractivity contribution in [1.82, 2.24) is 9.97 Å². The van der Waals surface area contributed by atoms with Crippen molar-refractivity contribution in [2.75, 3.05) is 22.7 Å². The third-order valence-corrected chi connectivity index (χ3v) is 6.79. The Morgan fingerprint density at radius 2 is 1.85 bits per heavy atom. The number of hydrogen-bond acceptors (Lipinski definition) is 6. The Labute approximate surface area is 198 Å². The zero-order valence-corrected chi connectivity index (χ0v) is 20.1. The maximum Gasteiger partial charge on any atom is 0.305 e. The van der Waals surface area contributed by atoms with Crippen LogP contribution in [0.1, 0.15) is 24.5 Å². The van der Waals surface area contributed by atoms with Gasteiger partial charge in [0.05, 0.1) is 22.0 Å². The number of aryl methyl sites for hydroxylation is 2. The molecule has 0 atom stereocenters. The molecule has 33 heavy (non-hydrogen) atoms. The highest BCUT2D eigenvalue weighted by Gasteiger charge is 2.19. The van der Waals surface area contributed by atoms with Crippen LogP contribution in [-0.4, -0.2) is 42.6 Å². The number of carboxylic acids is 1. The predicted octanol–water partition coefficient (Wildman–Crippen LogP) is 4.52. The SMILES string of the molecule is CCN(CCC(=O)O)c1cc(S(=O)(=O)Nc2ccc(Cl)c(-c3c(C)cccc3C)n2)ccn1. The number of carboxylic acid groups (broad SMARTS) is 1. The molecule has 174 valence electrons. The van der Waals surface area contributed by atoms with Crippen molar-refractivity contribution in [2.45, 2.75) is 32.1 Å². The molecule has 0 aliphatic rings. The maximum absolute atomic E-state index is 13.1. The van der Waals surface area contributed by atoms with Gasteiger partial charge in [0.15, 0.2) is 0 Å². The van der Waals surface area contributed by atoms with E-state index in [-0.39, 0.29) is 23.7 Å². The highest BCUT2D eigenvalue weighted by Crippen LogP contribution is 2.32. The van der Waals surface area contributed by atoms with E-state index in [0.717, 1.165) is 16.7 Å². The lowest BCUT2D eigenvalue weighted by atomic mass is 9.99. The summed E-state index contributed by atoms with van der Waals surface area (Å²) in [6, 6.07) is 11.7. The van der Waals surface area contributed by atoms with Crippen molar-refractivity contribution in [3.8, 4) is 11.3 Å². The Balaban J connectivity index is 1.92. The number of hydrogen-bond donors (Lipinski definition) is 2. The first-order valence-corrected chi connectivity index (χ1v) is 12.2. The van der Waals surface area contributed by atoms with Crippen LogP contribution >= 0.6 is 11.6 Å². The number of halogens is 1. The van der Waals surface area contributed by atoms with Gasteiger partial charge in [0.1, 0.15) is 11.6 Å². The summed E-state index contributed by atoms with van der Waals surface area (Å²) < 4.78 is 28.7. The Morgan fingerprint density at radius 1 is 1.15 bits per heavy atom. The lowest BCUT2D eigenvalue weighted by Crippen LogP contribution is -2.27. The van der Waals surface area contributed by atoms with Gasteiger partial charge in [-0.1, -0.05) is 29.8 Å². The number of aliphatic carboxylic acids is 1. The Bertz CT molecular complexity index is 1260. The third-order valence-electron chi connectivity index (χ3n) is 5.13. The molecule has 2 aromatic heterocycles. The first kappa shape index (κ1) is 24.5. The van der Waals surface area contributed by atoms with Gasteiger partial charge < -0.3 is 10.0 Å². The molecule has 0 saturated carbocycles. The van der Waals surface area contributed by atoms with Crippen molar-refractivity contribution in [2.24, 2.45) is 0 Å². The fraction of sp³-hybridized carbons (Fsp3) is 0.261. The predicted molar refractivity (Wildman–Crippen MR) is 129 cm³/mol. The molecule has 2 heterocycles. The van der Waals surface area contributed by atoms with Crippen LogP contribution in [0.2, 0.25) is 5.02 Å². The molecule has 0 radical (unpaired) electrons. The molecule has 8 nitrogen and oxygen atoms in total. The fourth-order valence-corrected chi connectivity index (χ4v) is 4.67. The van der Waals surface area contributed by atoms with Gasteiger partial charge in [-0.15, -0.1) is 0 Å². The second kappa shape index (κ2) is 10.2. The number of anilines is 2. The standard InChI is InChI=1S/C23H25ClN4O4S/c1-4-28(13-11-21(29)30)20-14-17(10-12-25-20)33(31,32)27-19-9-8-18(24)23(26-19)22-15(2)6-5-7-16(22)3/h5-10,12,14H,4,11,13H2,1-3H3,(H,26,27)(H,29,30). The van der Waals surface area contributed by atoms with E-state index in [0.29, 0.717) is 23.1 Å². The van der Waals surface area contributed by atoms with E-state index in [2.05, 4.69) is 14.7 Å². The molecule has 0 spiro atoms. The largest absolute Gasteiger partial charge is 0.481 e. The van der Waals surface area contributed by atoms with Crippen LogP contribution in [0.15, 0.2) is 53.6 Å². The summed E-state index contributed by atoms with van der Waals surface area (Å²) in [7, 11) is -3.98. The Kier molecular flexibility index (Phi) is 7.55. The highest BCUT2D eigenvalue weighted by atomic mass is 35.5. The van der Waals surface area contributed by atoms with Gasteiger partial charge in [0.25, 0.3) is 10.0 Å². The van der Waals surface area contributed by atoms with Crippen LogP contribution in [0.3, 0.4) is 0 Å². The van der Waals surface area contributed by atoms with Gasteiger partial charge in [-0.3, -0.25) is 9.52 Å². The zero-order chi connectivity index (χ0) is 24.2. The van der Waals surface area contributed by atoms with E-state index in [1.165, 1.54) is 24.4 Å². The number of benzene rings is 1. The average molecular weight is 489 g/mol. The molecule has 3 rings (SSSR count). The normalized spacial score (nSPS) is 11.3. The molecule has 10 heteroatoms. The van der Waals surface area contributed by atoms with Gasteiger partial charge >= 0.3 is 5.97 Å². The zero-order valence-electron chi connectivity index (χ0n) is 18.5. The van der Waals surface area contributed by atoms with Crippen molar-refractivity contribution in [3.63, 3.8) is 0 Å². The smallest absolute Gasteiger partial charge is 0.305 e. The van der Waals surface area contributed by atoms with Crippen LogP contribution in [-0.2, 0) is 14.8 Å². The van der Waals surface area contributed by atoms with Crippen molar-refractivity contribution in [1.29, 1.82) is 0 Å². The van der Waals surface area contributed by atoms with Gasteiger partial charge in [0, 0.05) is 30.9 Å². The second-order valence-electron chi connectivity index (χ2n) is 7.47. The van der Waals surface area contributed by atoms with Crippen LogP contribution in [0, 0.1) is 13.8 Å². The number of pyridine rings is 2. The molecule has 2 N–H and O–H groups in total. The molecular weight excluding hydrogens is 464 g/mol. The summed E-state index contributed by atoms with van der Waals surface area (Å²) in [5, 5.41) is 9.36. The first-order valence-electron chi connectivity index (χ1n) is 10.3. The van der Waals surface area contributed by atoms with E-state index in [9.17, 15) is 13.2 Å². The van der Waals surface area contributed by atoms with Gasteiger partial charge in [0.2, 0.25) is 0 Å². The number of aromatic nitrogens is 2. The quantitative estimate of drug-likeness (QED) is 0.455. The van der Waals surface area contributed by atoms with E-state index >= 15 is 0 Å². The Hall–Kier alpha value is -3.17. The molecule has 0 fully saturated rings. The molecule has 0 aliphatic carbocycles. The fourth-order valence-electron chi connectivity index (χ4n) is 3.46. The van der Waals surface area contributed by atoms with Crippen molar-refractivity contribution in [3.05, 3.63) is 64.8 Å². The molecule has 0 amide bonds. The van der Waals surface area contributed by atoms with Crippen LogP contribution in [0.25, 0.3) is 11.3 Å². The van der Waals surface area contributed by atoms with E-state index in [4.69, 9.17) is 16.7 Å². The van der Waals surface area contributed by atoms with Crippen LogP contribution in [0.4, 0.5) is 11.6 Å². The van der Waals surface area contributed by atoms with Crippen molar-refractivity contribution < 1.29 is 18.3 Å². The van der Waals surface area contributed by atoms with Gasteiger partial charge in [-0.2, -0.15) is 0 Å². The molecular formula is C23H25ClN4O4S. The summed E-state index contributed by atoms with van der Waals surface area (Å²) >= 11 is 6.39.